The number of carbonyl (C=O) groups is 1. The summed E-state index contributed by atoms with van der Waals surface area (Å²) in [6, 6.07) is 13.6. The molecule has 2 N–H and O–H groups in total. The number of hydrogen-bond donors (Lipinski definition) is 2. The fraction of sp³-hybridized carbons (Fsp3) is 0.158. The van der Waals surface area contributed by atoms with Crippen molar-refractivity contribution in [3.63, 3.8) is 0 Å². The molecule has 0 unspecified atom stereocenters. The number of benzene rings is 2. The molecule has 138 valence electrons. The lowest BCUT2D eigenvalue weighted by Gasteiger charge is -2.07. The number of nitrogens with zero attached hydrogens (tertiary/aromatic N) is 2. The Bertz CT molecular complexity index is 982. The van der Waals surface area contributed by atoms with Crippen LogP contribution in [0.5, 0.6) is 5.75 Å². The van der Waals surface area contributed by atoms with E-state index in [-0.39, 0.29) is 23.2 Å². The zero-order chi connectivity index (χ0) is 19.2. The summed E-state index contributed by atoms with van der Waals surface area (Å²) in [5.41, 5.74) is 1.55. The van der Waals surface area contributed by atoms with Gasteiger partial charge in [0.2, 0.25) is 5.95 Å². The molecule has 0 saturated carbocycles. The number of rotatable bonds is 6. The molecule has 0 aliphatic carbocycles. The third-order valence-corrected chi connectivity index (χ3v) is 3.72. The molecule has 3 rings (SSSR count). The maximum atomic E-state index is 12.3. The van der Waals surface area contributed by atoms with Gasteiger partial charge in [-0.25, -0.2) is 4.79 Å². The maximum absolute atomic E-state index is 12.3. The highest BCUT2D eigenvalue weighted by Crippen LogP contribution is 2.18. The summed E-state index contributed by atoms with van der Waals surface area (Å²) in [5.74, 6) is 0.495. The summed E-state index contributed by atoms with van der Waals surface area (Å²) in [6.45, 7) is 2.06. The van der Waals surface area contributed by atoms with Crippen LogP contribution in [-0.2, 0) is 4.74 Å². The van der Waals surface area contributed by atoms with Gasteiger partial charge in [0.1, 0.15) is 5.75 Å². The lowest BCUT2D eigenvalue weighted by atomic mass is 10.1. The summed E-state index contributed by atoms with van der Waals surface area (Å²) >= 11 is 0. The lowest BCUT2D eigenvalue weighted by molar-refractivity contribution is 0.0526. The number of hydrogen-bond acceptors (Lipinski definition) is 7. The van der Waals surface area contributed by atoms with Crippen LogP contribution in [0.4, 0.5) is 11.6 Å². The van der Waals surface area contributed by atoms with E-state index in [2.05, 4.69) is 20.5 Å². The Kier molecular flexibility index (Phi) is 5.46. The summed E-state index contributed by atoms with van der Waals surface area (Å²) < 4.78 is 10.0. The minimum Gasteiger partial charge on any atom is -0.497 e. The predicted octanol–water partition coefficient (Wildman–Crippen LogP) is 2.76. The van der Waals surface area contributed by atoms with Gasteiger partial charge in [-0.05, 0) is 55.5 Å². The van der Waals surface area contributed by atoms with Crippen LogP contribution < -0.4 is 15.6 Å². The molecule has 0 radical (unpaired) electrons. The largest absolute Gasteiger partial charge is 0.497 e. The first-order chi connectivity index (χ1) is 13.1. The third kappa shape index (κ3) is 4.30. The molecule has 0 aliphatic rings. The SMILES string of the molecule is CCOC(=O)c1ccc(Nc2nnc(-c3ccc(OC)cc3)c(=O)[nH]2)cc1. The monoisotopic (exact) mass is 366 g/mol. The number of aromatic nitrogens is 3. The van der Waals surface area contributed by atoms with Crippen LogP contribution in [0, 0.1) is 0 Å². The van der Waals surface area contributed by atoms with Gasteiger partial charge < -0.3 is 14.8 Å². The van der Waals surface area contributed by atoms with Crippen molar-refractivity contribution < 1.29 is 14.3 Å². The number of carbonyl (C=O) groups excluding carboxylic acids is 1. The molecule has 0 bridgehead atoms. The normalized spacial score (nSPS) is 10.3. The summed E-state index contributed by atoms with van der Waals surface area (Å²) in [5, 5.41) is 10.9. The molecule has 8 heteroatoms. The first-order valence-electron chi connectivity index (χ1n) is 8.26. The highest BCUT2D eigenvalue weighted by atomic mass is 16.5. The van der Waals surface area contributed by atoms with E-state index in [1.165, 1.54) is 0 Å². The zero-order valence-electron chi connectivity index (χ0n) is 14.9. The van der Waals surface area contributed by atoms with Gasteiger partial charge in [0.25, 0.3) is 5.56 Å². The molecule has 8 nitrogen and oxygen atoms in total. The van der Waals surface area contributed by atoms with Gasteiger partial charge >= 0.3 is 5.97 Å². The molecular formula is C19H18N4O4. The summed E-state index contributed by atoms with van der Waals surface area (Å²) in [4.78, 5) is 26.6. The van der Waals surface area contributed by atoms with Crippen molar-refractivity contribution in [3.05, 3.63) is 64.4 Å². The van der Waals surface area contributed by atoms with Gasteiger partial charge in [-0.1, -0.05) is 0 Å². The molecule has 1 heterocycles. The number of ether oxygens (including phenoxy) is 2. The van der Waals surface area contributed by atoms with E-state index in [4.69, 9.17) is 9.47 Å². The third-order valence-electron chi connectivity index (χ3n) is 3.72. The second-order valence-electron chi connectivity index (χ2n) is 5.50. The fourth-order valence-electron chi connectivity index (χ4n) is 2.37. The van der Waals surface area contributed by atoms with Gasteiger partial charge in [0, 0.05) is 11.3 Å². The number of methoxy groups -OCH3 is 1. The fourth-order valence-corrected chi connectivity index (χ4v) is 2.37. The Morgan fingerprint density at radius 1 is 1.07 bits per heavy atom. The Morgan fingerprint density at radius 2 is 1.78 bits per heavy atom. The molecular weight excluding hydrogens is 348 g/mol. The van der Waals surface area contributed by atoms with Gasteiger partial charge in [0.05, 0.1) is 19.3 Å². The Hall–Kier alpha value is -3.68. The van der Waals surface area contributed by atoms with Crippen LogP contribution >= 0.6 is 0 Å². The topological polar surface area (TPSA) is 106 Å². The molecule has 0 aliphatic heterocycles. The highest BCUT2D eigenvalue weighted by Gasteiger charge is 2.09. The van der Waals surface area contributed by atoms with E-state index >= 15 is 0 Å². The molecule has 0 amide bonds. The smallest absolute Gasteiger partial charge is 0.338 e. The van der Waals surface area contributed by atoms with E-state index in [0.29, 0.717) is 29.2 Å². The maximum Gasteiger partial charge on any atom is 0.338 e. The Morgan fingerprint density at radius 3 is 2.37 bits per heavy atom. The number of aromatic amines is 1. The number of anilines is 2. The first-order valence-corrected chi connectivity index (χ1v) is 8.26. The van der Waals surface area contributed by atoms with Gasteiger partial charge in [-0.3, -0.25) is 9.78 Å². The van der Waals surface area contributed by atoms with Crippen molar-refractivity contribution in [2.45, 2.75) is 6.92 Å². The first kappa shape index (κ1) is 18.1. The van der Waals surface area contributed by atoms with Crippen LogP contribution in [0.15, 0.2) is 53.3 Å². The van der Waals surface area contributed by atoms with Crippen molar-refractivity contribution in [2.75, 3.05) is 19.0 Å². The number of nitrogens with one attached hydrogen (secondary N) is 2. The minimum absolute atomic E-state index is 0.196. The van der Waals surface area contributed by atoms with Crippen molar-refractivity contribution in [1.82, 2.24) is 15.2 Å². The number of H-pyrrole nitrogens is 1. The molecule has 0 saturated heterocycles. The molecule has 27 heavy (non-hydrogen) atoms. The van der Waals surface area contributed by atoms with Crippen LogP contribution in [0.2, 0.25) is 0 Å². The van der Waals surface area contributed by atoms with Crippen LogP contribution in [-0.4, -0.2) is 34.9 Å². The zero-order valence-corrected chi connectivity index (χ0v) is 14.9. The number of esters is 1. The van der Waals surface area contributed by atoms with E-state index in [9.17, 15) is 9.59 Å². The Labute approximate surface area is 155 Å². The van der Waals surface area contributed by atoms with E-state index < -0.39 is 0 Å². The minimum atomic E-state index is -0.388. The van der Waals surface area contributed by atoms with Crippen molar-refractivity contribution >= 4 is 17.6 Å². The lowest BCUT2D eigenvalue weighted by Crippen LogP contribution is -2.15. The standard InChI is InChI=1S/C19H18N4O4/c1-3-27-18(25)13-4-8-14(9-5-13)20-19-21-17(24)16(22-23-19)12-6-10-15(26-2)11-7-12/h4-11H,3H2,1-2H3,(H2,20,21,23,24). The molecule has 0 atom stereocenters. The van der Waals surface area contributed by atoms with E-state index in [1.807, 2.05) is 0 Å². The Balaban J connectivity index is 1.75. The van der Waals surface area contributed by atoms with Crippen LogP contribution in [0.25, 0.3) is 11.3 Å². The van der Waals surface area contributed by atoms with Gasteiger partial charge in [-0.2, -0.15) is 0 Å². The quantitative estimate of drug-likeness (QED) is 0.646. The molecule has 0 spiro atoms. The van der Waals surface area contributed by atoms with E-state index in [0.717, 1.165) is 0 Å². The second kappa shape index (κ2) is 8.13. The van der Waals surface area contributed by atoms with E-state index in [1.54, 1.807) is 62.6 Å². The summed E-state index contributed by atoms with van der Waals surface area (Å²) in [7, 11) is 1.57. The molecule has 2 aromatic carbocycles. The predicted molar refractivity (Wildman–Crippen MR) is 100 cm³/mol. The average Bonchev–Trinajstić information content (AvgIpc) is 2.69. The van der Waals surface area contributed by atoms with Crippen LogP contribution in [0.1, 0.15) is 17.3 Å². The van der Waals surface area contributed by atoms with Gasteiger partial charge in [0.15, 0.2) is 5.69 Å². The van der Waals surface area contributed by atoms with Crippen molar-refractivity contribution in [1.29, 1.82) is 0 Å². The second-order valence-corrected chi connectivity index (χ2v) is 5.50. The molecule has 3 aromatic rings. The molecule has 1 aromatic heterocycles. The molecule has 0 fully saturated rings. The average molecular weight is 366 g/mol. The van der Waals surface area contributed by atoms with Crippen LogP contribution in [0.3, 0.4) is 0 Å². The van der Waals surface area contributed by atoms with Crippen molar-refractivity contribution in [3.8, 4) is 17.0 Å². The highest BCUT2D eigenvalue weighted by molar-refractivity contribution is 5.89. The van der Waals surface area contributed by atoms with Crippen molar-refractivity contribution in [2.24, 2.45) is 0 Å². The van der Waals surface area contributed by atoms with Gasteiger partial charge in [-0.15, -0.1) is 10.2 Å². The summed E-state index contributed by atoms with van der Waals surface area (Å²) in [6.07, 6.45) is 0.